The Balaban J connectivity index is 1.52. The highest BCUT2D eigenvalue weighted by molar-refractivity contribution is 5.22. The minimum absolute atomic E-state index is 0.110. The highest BCUT2D eigenvalue weighted by Gasteiger charge is 2.31. The van der Waals surface area contributed by atoms with Crippen molar-refractivity contribution in [1.82, 2.24) is 10.2 Å². The van der Waals surface area contributed by atoms with E-state index in [2.05, 4.69) is 54.4 Å². The number of nitrogens with zero attached hydrogens (tertiary/aromatic N) is 1. The molecule has 0 spiro atoms. The maximum atomic E-state index is 9.85. The number of hydrogen-bond acceptors (Lipinski definition) is 3. The van der Waals surface area contributed by atoms with E-state index in [0.29, 0.717) is 12.0 Å². The number of nitrogens with one attached hydrogen (secondary N) is 1. The van der Waals surface area contributed by atoms with Crippen LogP contribution in [0.5, 0.6) is 0 Å². The van der Waals surface area contributed by atoms with Gasteiger partial charge in [-0.1, -0.05) is 44.2 Å². The van der Waals surface area contributed by atoms with Crippen molar-refractivity contribution in [2.75, 3.05) is 32.8 Å². The van der Waals surface area contributed by atoms with Crippen LogP contribution in [0.25, 0.3) is 0 Å². The van der Waals surface area contributed by atoms with Crippen molar-refractivity contribution in [3.8, 4) is 0 Å². The van der Waals surface area contributed by atoms with Gasteiger partial charge < -0.3 is 15.3 Å². The molecule has 1 saturated carbocycles. The van der Waals surface area contributed by atoms with E-state index in [1.807, 2.05) is 0 Å². The molecular weight excluding hydrogens is 296 g/mol. The molecule has 3 heteroatoms. The molecule has 2 N–H and O–H groups in total. The Bertz CT molecular complexity index is 490. The van der Waals surface area contributed by atoms with Crippen molar-refractivity contribution in [3.63, 3.8) is 0 Å². The summed E-state index contributed by atoms with van der Waals surface area (Å²) in [5, 5.41) is 13.7. The van der Waals surface area contributed by atoms with Gasteiger partial charge in [-0.25, -0.2) is 0 Å². The van der Waals surface area contributed by atoms with Crippen molar-refractivity contribution in [1.29, 1.82) is 0 Å². The van der Waals surface area contributed by atoms with E-state index >= 15 is 0 Å². The number of aliphatic hydroxyl groups excluding tert-OH is 1. The van der Waals surface area contributed by atoms with Gasteiger partial charge in [0.25, 0.3) is 0 Å². The Morgan fingerprint density at radius 2 is 1.79 bits per heavy atom. The first-order chi connectivity index (χ1) is 11.6. The van der Waals surface area contributed by atoms with E-state index in [9.17, 15) is 5.11 Å². The summed E-state index contributed by atoms with van der Waals surface area (Å²) >= 11 is 0. The van der Waals surface area contributed by atoms with Crippen LogP contribution < -0.4 is 5.32 Å². The van der Waals surface area contributed by atoms with Gasteiger partial charge >= 0.3 is 0 Å². The van der Waals surface area contributed by atoms with Crippen molar-refractivity contribution in [2.45, 2.75) is 51.5 Å². The van der Waals surface area contributed by atoms with Crippen LogP contribution >= 0.6 is 0 Å². The predicted octanol–water partition coefficient (Wildman–Crippen LogP) is 3.25. The molecule has 1 aliphatic heterocycles. The number of aliphatic hydroxyl groups is 1. The molecule has 134 valence electrons. The maximum absolute atomic E-state index is 9.85. The summed E-state index contributed by atoms with van der Waals surface area (Å²) in [7, 11) is 0. The smallest absolute Gasteiger partial charge is 0.0488 e. The minimum Gasteiger partial charge on any atom is -0.396 e. The zero-order valence-corrected chi connectivity index (χ0v) is 15.4. The van der Waals surface area contributed by atoms with Crippen LogP contribution in [0.2, 0.25) is 0 Å². The number of likely N-dealkylation sites (tertiary alicyclic amines) is 1. The van der Waals surface area contributed by atoms with Gasteiger partial charge in [0.15, 0.2) is 0 Å². The van der Waals surface area contributed by atoms with Crippen LogP contribution in [0.3, 0.4) is 0 Å². The Morgan fingerprint density at radius 3 is 2.38 bits per heavy atom. The molecule has 1 heterocycles. The molecule has 2 aliphatic rings. The number of rotatable bonds is 8. The van der Waals surface area contributed by atoms with Gasteiger partial charge in [-0.15, -0.1) is 0 Å². The molecule has 0 aromatic heterocycles. The maximum Gasteiger partial charge on any atom is 0.0488 e. The van der Waals surface area contributed by atoms with Crippen LogP contribution in [0.1, 0.15) is 51.0 Å². The molecule has 0 amide bonds. The molecule has 1 aromatic carbocycles. The predicted molar refractivity (Wildman–Crippen MR) is 100 cm³/mol. The third-order valence-electron chi connectivity index (χ3n) is 5.96. The lowest BCUT2D eigenvalue weighted by molar-refractivity contribution is 0.123. The van der Waals surface area contributed by atoms with Crippen molar-refractivity contribution in [2.24, 2.45) is 11.3 Å². The minimum atomic E-state index is -0.110. The van der Waals surface area contributed by atoms with Gasteiger partial charge in [-0.05, 0) is 55.7 Å². The molecular formula is C21H34N2O. The lowest BCUT2D eigenvalue weighted by Gasteiger charge is -2.37. The molecule has 3 rings (SSSR count). The lowest BCUT2D eigenvalue weighted by Crippen LogP contribution is -2.45. The molecule has 1 atom stereocenters. The zero-order chi connectivity index (χ0) is 17.0. The normalized spacial score (nSPS) is 21.8. The molecule has 24 heavy (non-hydrogen) atoms. The fourth-order valence-electron chi connectivity index (χ4n) is 3.91. The van der Waals surface area contributed by atoms with Gasteiger partial charge in [-0.3, -0.25) is 0 Å². The average Bonchev–Trinajstić information content (AvgIpc) is 3.41. The quantitative estimate of drug-likeness (QED) is 0.768. The third-order valence-corrected chi connectivity index (χ3v) is 5.96. The van der Waals surface area contributed by atoms with Crippen molar-refractivity contribution in [3.05, 3.63) is 35.9 Å². The second-order valence-corrected chi connectivity index (χ2v) is 8.54. The molecule has 1 aromatic rings. The molecule has 0 radical (unpaired) electrons. The molecule has 2 fully saturated rings. The summed E-state index contributed by atoms with van der Waals surface area (Å²) in [6.45, 7) is 9.33. The van der Waals surface area contributed by atoms with E-state index in [4.69, 9.17) is 0 Å². The van der Waals surface area contributed by atoms with Gasteiger partial charge in [0, 0.05) is 31.7 Å². The fraction of sp³-hybridized carbons (Fsp3) is 0.714. The summed E-state index contributed by atoms with van der Waals surface area (Å²) in [5.74, 6) is 1.34. The third kappa shape index (κ3) is 4.81. The van der Waals surface area contributed by atoms with Gasteiger partial charge in [0.1, 0.15) is 0 Å². The summed E-state index contributed by atoms with van der Waals surface area (Å²) in [6, 6.07) is 11.3. The first-order valence-corrected chi connectivity index (χ1v) is 9.70. The van der Waals surface area contributed by atoms with Gasteiger partial charge in [0.2, 0.25) is 0 Å². The standard InChI is InChI=1S/C21H34N2O/c1-21(2,16-24)20(18-6-4-3-5-7-18)14-22-19-10-12-23(13-11-19)15-17-8-9-17/h3-7,17,19-20,22,24H,8-16H2,1-2H3. The monoisotopic (exact) mass is 330 g/mol. The SMILES string of the molecule is CC(C)(CO)C(CNC1CCN(CC2CC2)CC1)c1ccccc1. The molecule has 3 nitrogen and oxygen atoms in total. The molecule has 1 saturated heterocycles. The zero-order valence-electron chi connectivity index (χ0n) is 15.4. The topological polar surface area (TPSA) is 35.5 Å². The van der Waals surface area contributed by atoms with Crippen molar-refractivity contribution >= 4 is 0 Å². The second-order valence-electron chi connectivity index (χ2n) is 8.54. The first kappa shape index (κ1) is 17.9. The van der Waals surface area contributed by atoms with Crippen LogP contribution in [0.4, 0.5) is 0 Å². The lowest BCUT2D eigenvalue weighted by atomic mass is 9.75. The average molecular weight is 331 g/mol. The summed E-state index contributed by atoms with van der Waals surface area (Å²) in [6.07, 6.45) is 5.42. The summed E-state index contributed by atoms with van der Waals surface area (Å²) < 4.78 is 0. The highest BCUT2D eigenvalue weighted by Crippen LogP contribution is 2.35. The highest BCUT2D eigenvalue weighted by atomic mass is 16.3. The van der Waals surface area contributed by atoms with E-state index in [1.54, 1.807) is 0 Å². The van der Waals surface area contributed by atoms with E-state index in [1.165, 1.54) is 50.9 Å². The molecule has 1 aliphatic carbocycles. The number of benzene rings is 1. The van der Waals surface area contributed by atoms with E-state index in [-0.39, 0.29) is 12.0 Å². The summed E-state index contributed by atoms with van der Waals surface area (Å²) in [4.78, 5) is 2.65. The number of piperidine rings is 1. The van der Waals surface area contributed by atoms with Crippen LogP contribution in [0, 0.1) is 11.3 Å². The Hall–Kier alpha value is -0.900. The van der Waals surface area contributed by atoms with Crippen molar-refractivity contribution < 1.29 is 5.11 Å². The van der Waals surface area contributed by atoms with Crippen LogP contribution in [0.15, 0.2) is 30.3 Å². The second kappa shape index (κ2) is 7.99. The Kier molecular flexibility index (Phi) is 5.96. The molecule has 1 unspecified atom stereocenters. The largest absolute Gasteiger partial charge is 0.396 e. The molecule has 0 bridgehead atoms. The van der Waals surface area contributed by atoms with E-state index < -0.39 is 0 Å². The summed E-state index contributed by atoms with van der Waals surface area (Å²) in [5.41, 5.74) is 1.22. The first-order valence-electron chi connectivity index (χ1n) is 9.70. The Labute approximate surface area is 147 Å². The Morgan fingerprint density at radius 1 is 1.12 bits per heavy atom. The fourth-order valence-corrected chi connectivity index (χ4v) is 3.91. The van der Waals surface area contributed by atoms with Crippen LogP contribution in [-0.4, -0.2) is 48.8 Å². The number of hydrogen-bond donors (Lipinski definition) is 2. The van der Waals surface area contributed by atoms with Gasteiger partial charge in [-0.2, -0.15) is 0 Å². The van der Waals surface area contributed by atoms with Crippen LogP contribution in [-0.2, 0) is 0 Å². The van der Waals surface area contributed by atoms with E-state index in [0.717, 1.165) is 12.5 Å². The van der Waals surface area contributed by atoms with Gasteiger partial charge in [0.05, 0.1) is 0 Å².